The fourth-order valence-electron chi connectivity index (χ4n) is 3.03. The molecule has 0 spiro atoms. The van der Waals surface area contributed by atoms with Crippen LogP contribution in [0.15, 0.2) is 53.6 Å². The van der Waals surface area contributed by atoms with Crippen LogP contribution >= 0.6 is 11.8 Å². The highest BCUT2D eigenvalue weighted by Crippen LogP contribution is 2.24. The van der Waals surface area contributed by atoms with Crippen LogP contribution in [0, 0.1) is 0 Å². The molecule has 0 fully saturated rings. The molecule has 0 unspecified atom stereocenters. The molecule has 0 atom stereocenters. The molecule has 0 aliphatic heterocycles. The van der Waals surface area contributed by atoms with Crippen LogP contribution in [0.5, 0.6) is 0 Å². The summed E-state index contributed by atoms with van der Waals surface area (Å²) in [5, 5.41) is 0. The average Bonchev–Trinajstić information content (AvgIpc) is 2.67. The van der Waals surface area contributed by atoms with Gasteiger partial charge in [0, 0.05) is 16.7 Å². The number of hydrogen-bond donors (Lipinski definition) is 0. The minimum atomic E-state index is 1.05. The minimum absolute atomic E-state index is 1.05. The maximum Gasteiger partial charge on any atom is 0.0701 e. The van der Waals surface area contributed by atoms with E-state index in [4.69, 9.17) is 0 Å². The highest BCUT2D eigenvalue weighted by atomic mass is 32.2. The Labute approximate surface area is 158 Å². The van der Waals surface area contributed by atoms with Crippen molar-refractivity contribution in [2.75, 3.05) is 5.75 Å². The first-order chi connectivity index (χ1) is 12.4. The fraction of sp³-hybridized carbons (Fsp3) is 0.522. The van der Waals surface area contributed by atoms with Gasteiger partial charge in [-0.2, -0.15) is 0 Å². The maximum atomic E-state index is 4.40. The molecule has 1 heterocycles. The summed E-state index contributed by atoms with van der Waals surface area (Å²) in [7, 11) is 0. The second-order valence-electron chi connectivity index (χ2n) is 6.77. The van der Waals surface area contributed by atoms with E-state index in [-0.39, 0.29) is 0 Å². The number of benzene rings is 1. The molecule has 2 aromatic rings. The first-order valence-corrected chi connectivity index (χ1v) is 11.0. The van der Waals surface area contributed by atoms with Gasteiger partial charge >= 0.3 is 0 Å². The Morgan fingerprint density at radius 1 is 0.720 bits per heavy atom. The molecule has 0 amide bonds. The molecule has 0 bridgehead atoms. The van der Waals surface area contributed by atoms with Crippen LogP contribution in [-0.2, 0) is 0 Å². The van der Waals surface area contributed by atoms with Gasteiger partial charge in [-0.15, -0.1) is 11.8 Å². The molecule has 2 heteroatoms. The van der Waals surface area contributed by atoms with Crippen molar-refractivity contribution in [1.82, 2.24) is 4.98 Å². The number of thioether (sulfide) groups is 1. The fourth-order valence-corrected chi connectivity index (χ4v) is 3.95. The quantitative estimate of drug-likeness (QED) is 0.269. The van der Waals surface area contributed by atoms with Crippen molar-refractivity contribution < 1.29 is 0 Å². The van der Waals surface area contributed by atoms with E-state index >= 15 is 0 Å². The summed E-state index contributed by atoms with van der Waals surface area (Å²) in [6.07, 6.45) is 15.9. The summed E-state index contributed by atoms with van der Waals surface area (Å²) in [6, 6.07) is 14.9. The third-order valence-electron chi connectivity index (χ3n) is 4.58. The van der Waals surface area contributed by atoms with Crippen LogP contribution in [0.25, 0.3) is 11.3 Å². The second kappa shape index (κ2) is 13.0. The first-order valence-electron chi connectivity index (χ1n) is 10.0. The summed E-state index contributed by atoms with van der Waals surface area (Å²) < 4.78 is 0. The highest BCUT2D eigenvalue weighted by molar-refractivity contribution is 7.99. The van der Waals surface area contributed by atoms with E-state index in [2.05, 4.69) is 42.2 Å². The molecule has 25 heavy (non-hydrogen) atoms. The Morgan fingerprint density at radius 3 is 1.96 bits per heavy atom. The summed E-state index contributed by atoms with van der Waals surface area (Å²) in [5.74, 6) is 1.24. The van der Waals surface area contributed by atoms with Crippen molar-refractivity contribution in [1.29, 1.82) is 0 Å². The lowest BCUT2D eigenvalue weighted by Crippen LogP contribution is -1.85. The van der Waals surface area contributed by atoms with E-state index in [0.717, 1.165) is 5.69 Å². The molecule has 0 saturated heterocycles. The Morgan fingerprint density at radius 2 is 1.36 bits per heavy atom. The smallest absolute Gasteiger partial charge is 0.0701 e. The predicted octanol–water partition coefficient (Wildman–Crippen LogP) is 7.76. The molecule has 0 N–H and O–H groups in total. The van der Waals surface area contributed by atoms with Crippen molar-refractivity contribution in [3.8, 4) is 11.3 Å². The van der Waals surface area contributed by atoms with Gasteiger partial charge in [-0.3, -0.25) is 4.98 Å². The average molecular weight is 356 g/mol. The molecule has 1 aromatic carbocycles. The van der Waals surface area contributed by atoms with Crippen molar-refractivity contribution in [2.24, 2.45) is 0 Å². The van der Waals surface area contributed by atoms with Gasteiger partial charge in [-0.05, 0) is 36.4 Å². The number of aromatic nitrogens is 1. The zero-order chi connectivity index (χ0) is 17.6. The molecule has 0 aliphatic rings. The minimum Gasteiger partial charge on any atom is -0.256 e. The molecular weight excluding hydrogens is 322 g/mol. The topological polar surface area (TPSA) is 12.9 Å². The molecule has 0 saturated carbocycles. The second-order valence-corrected chi connectivity index (χ2v) is 7.94. The largest absolute Gasteiger partial charge is 0.256 e. The van der Waals surface area contributed by atoms with Gasteiger partial charge in [-0.1, -0.05) is 82.9 Å². The van der Waals surface area contributed by atoms with Crippen molar-refractivity contribution in [3.63, 3.8) is 0 Å². The molecule has 0 radical (unpaired) electrons. The van der Waals surface area contributed by atoms with E-state index in [1.165, 1.54) is 80.4 Å². The van der Waals surface area contributed by atoms with E-state index in [1.807, 2.05) is 30.1 Å². The number of rotatable bonds is 13. The third kappa shape index (κ3) is 8.58. The van der Waals surface area contributed by atoms with Crippen LogP contribution in [0.2, 0.25) is 0 Å². The lowest BCUT2D eigenvalue weighted by Gasteiger charge is -2.05. The summed E-state index contributed by atoms with van der Waals surface area (Å²) >= 11 is 1.98. The summed E-state index contributed by atoms with van der Waals surface area (Å²) in [4.78, 5) is 5.77. The van der Waals surface area contributed by atoms with Gasteiger partial charge < -0.3 is 0 Å². The van der Waals surface area contributed by atoms with Crippen LogP contribution in [-0.4, -0.2) is 10.7 Å². The number of pyridine rings is 1. The molecule has 136 valence electrons. The maximum absolute atomic E-state index is 4.40. The normalized spacial score (nSPS) is 10.9. The highest BCUT2D eigenvalue weighted by Gasteiger charge is 1.99. The van der Waals surface area contributed by atoms with Gasteiger partial charge in [0.15, 0.2) is 0 Å². The van der Waals surface area contributed by atoms with Gasteiger partial charge in [0.05, 0.1) is 5.69 Å². The summed E-state index contributed by atoms with van der Waals surface area (Å²) in [5.41, 5.74) is 2.25. The number of unbranched alkanes of at least 4 members (excludes halogenated alkanes) is 9. The Bertz CT molecular complexity index is 550. The van der Waals surface area contributed by atoms with Crippen LogP contribution < -0.4 is 0 Å². The van der Waals surface area contributed by atoms with E-state index in [0.29, 0.717) is 0 Å². The zero-order valence-electron chi connectivity index (χ0n) is 15.8. The van der Waals surface area contributed by atoms with Crippen molar-refractivity contribution in [2.45, 2.75) is 76.0 Å². The Kier molecular flexibility index (Phi) is 10.4. The lowest BCUT2D eigenvalue weighted by molar-refractivity contribution is 0.563. The Balaban J connectivity index is 1.51. The van der Waals surface area contributed by atoms with Gasteiger partial charge in [0.25, 0.3) is 0 Å². The van der Waals surface area contributed by atoms with E-state index in [9.17, 15) is 0 Å². The van der Waals surface area contributed by atoms with Gasteiger partial charge in [-0.25, -0.2) is 0 Å². The van der Waals surface area contributed by atoms with Crippen molar-refractivity contribution >= 4 is 11.8 Å². The number of nitrogens with zero attached hydrogens (tertiary/aromatic N) is 1. The molecule has 1 nitrogen and oxygen atoms in total. The SMILES string of the molecule is CCCCCCCCCCCCSc1ccc(-c2ccccn2)cc1. The van der Waals surface area contributed by atoms with Gasteiger partial charge in [0.2, 0.25) is 0 Å². The monoisotopic (exact) mass is 355 g/mol. The predicted molar refractivity (Wildman–Crippen MR) is 112 cm³/mol. The zero-order valence-corrected chi connectivity index (χ0v) is 16.6. The Hall–Kier alpha value is -1.28. The van der Waals surface area contributed by atoms with Crippen LogP contribution in [0.4, 0.5) is 0 Å². The lowest BCUT2D eigenvalue weighted by atomic mass is 10.1. The molecular formula is C23H33NS. The van der Waals surface area contributed by atoms with E-state index in [1.54, 1.807) is 0 Å². The van der Waals surface area contributed by atoms with Crippen molar-refractivity contribution in [3.05, 3.63) is 48.7 Å². The van der Waals surface area contributed by atoms with Crippen LogP contribution in [0.3, 0.4) is 0 Å². The van der Waals surface area contributed by atoms with E-state index < -0.39 is 0 Å². The third-order valence-corrected chi connectivity index (χ3v) is 5.68. The van der Waals surface area contributed by atoms with Gasteiger partial charge in [0.1, 0.15) is 0 Å². The number of hydrogen-bond acceptors (Lipinski definition) is 2. The molecule has 2 rings (SSSR count). The molecule has 1 aromatic heterocycles. The van der Waals surface area contributed by atoms with Crippen LogP contribution in [0.1, 0.15) is 71.1 Å². The summed E-state index contributed by atoms with van der Waals surface area (Å²) in [6.45, 7) is 2.28. The first kappa shape index (κ1) is 20.0. The standard InChI is InChI=1S/C23H33NS/c1-2-3-4-5-6-7-8-9-10-13-20-25-22-17-15-21(16-18-22)23-14-11-12-19-24-23/h11-12,14-19H,2-10,13,20H2,1H3. The molecule has 0 aliphatic carbocycles.